The molecule has 8 nitrogen and oxygen atoms in total. The molecule has 2 amide bonds. The van der Waals surface area contributed by atoms with Gasteiger partial charge in [-0.15, -0.1) is 0 Å². The summed E-state index contributed by atoms with van der Waals surface area (Å²) in [7, 11) is 0. The van der Waals surface area contributed by atoms with Crippen LogP contribution in [0.1, 0.15) is 52.4 Å². The molecule has 3 heterocycles. The molecule has 2 N–H and O–H groups in total. The van der Waals surface area contributed by atoms with Crippen LogP contribution in [-0.2, 0) is 23.9 Å². The van der Waals surface area contributed by atoms with Crippen molar-refractivity contribution >= 4 is 33.7 Å². The van der Waals surface area contributed by atoms with Gasteiger partial charge in [-0.25, -0.2) is 0 Å². The minimum atomic E-state index is -1.03. The summed E-state index contributed by atoms with van der Waals surface area (Å²) < 4.78 is 11.6. The van der Waals surface area contributed by atoms with E-state index in [1.54, 1.807) is 11.8 Å². The Kier molecular flexibility index (Phi) is 7.79. The van der Waals surface area contributed by atoms with Crippen molar-refractivity contribution in [3.8, 4) is 0 Å². The Balaban J connectivity index is 1.89. The number of hydrogen-bond donors (Lipinski definition) is 2. The summed E-state index contributed by atoms with van der Waals surface area (Å²) in [4.78, 5) is 40.9. The van der Waals surface area contributed by atoms with Crippen LogP contribution in [0, 0.1) is 11.8 Å². The van der Waals surface area contributed by atoms with Crippen molar-refractivity contribution < 1.29 is 29.0 Å². The number of likely N-dealkylation sites (tertiary alicyclic amines) is 1. The molecule has 0 aromatic carbocycles. The number of aliphatic hydroxyl groups excluding tert-OH is 1. The molecule has 170 valence electrons. The van der Waals surface area contributed by atoms with E-state index in [-0.39, 0.29) is 29.9 Å². The Hall–Kier alpha value is -1.19. The van der Waals surface area contributed by atoms with E-state index in [1.807, 2.05) is 0 Å². The number of hydrogen-bond acceptors (Lipinski definition) is 6. The third kappa shape index (κ3) is 4.00. The summed E-state index contributed by atoms with van der Waals surface area (Å²) in [6.45, 7) is 4.98. The number of esters is 1. The monoisotopic (exact) mass is 488 g/mol. The van der Waals surface area contributed by atoms with Crippen molar-refractivity contribution in [1.29, 1.82) is 0 Å². The second-order valence-electron chi connectivity index (χ2n) is 8.38. The van der Waals surface area contributed by atoms with Gasteiger partial charge >= 0.3 is 5.97 Å². The number of carbonyl (C=O) groups is 3. The van der Waals surface area contributed by atoms with Gasteiger partial charge in [0.1, 0.15) is 11.6 Å². The standard InChI is InChI=1S/C21H33BrN2O6/c1-3-5-6-9-23-18(26)17-21-12-13(22)16(30-21)14(20(28)29-4-2)15(21)19(27)24(17)10-7-8-11-25/h13-17,25H,3-12H2,1-2H3,(H,23,26)/t13?,14-,15-,16-,17?,21?/m0/s1. The lowest BCUT2D eigenvalue weighted by Gasteiger charge is -2.34. The number of nitrogens with zero attached hydrogens (tertiary/aromatic N) is 1. The van der Waals surface area contributed by atoms with Crippen LogP contribution in [0.25, 0.3) is 0 Å². The molecule has 3 aliphatic heterocycles. The first-order valence-corrected chi connectivity index (χ1v) is 12.0. The summed E-state index contributed by atoms with van der Waals surface area (Å²) >= 11 is 3.61. The number of nitrogens with one attached hydrogen (secondary N) is 1. The number of ether oxygens (including phenoxy) is 2. The fraction of sp³-hybridized carbons (Fsp3) is 0.857. The Bertz CT molecular complexity index is 661. The molecule has 0 radical (unpaired) electrons. The Morgan fingerprint density at radius 3 is 2.73 bits per heavy atom. The predicted molar refractivity (Wildman–Crippen MR) is 113 cm³/mol. The summed E-state index contributed by atoms with van der Waals surface area (Å²) in [6, 6.07) is -0.778. The largest absolute Gasteiger partial charge is 0.466 e. The van der Waals surface area contributed by atoms with Crippen LogP contribution >= 0.6 is 15.9 Å². The third-order valence-corrected chi connectivity index (χ3v) is 7.33. The molecular weight excluding hydrogens is 456 g/mol. The minimum absolute atomic E-state index is 0.0258. The van der Waals surface area contributed by atoms with Crippen molar-refractivity contribution in [2.45, 2.75) is 74.9 Å². The highest BCUT2D eigenvalue weighted by Gasteiger charge is 2.76. The maximum Gasteiger partial charge on any atom is 0.312 e. The number of aliphatic hydroxyl groups is 1. The molecule has 6 atom stereocenters. The molecule has 3 saturated heterocycles. The summed E-state index contributed by atoms with van der Waals surface area (Å²) in [6.07, 6.45) is 4.08. The Morgan fingerprint density at radius 1 is 1.30 bits per heavy atom. The van der Waals surface area contributed by atoms with Crippen LogP contribution in [-0.4, -0.2) is 76.7 Å². The number of rotatable bonds is 11. The molecule has 30 heavy (non-hydrogen) atoms. The highest BCUT2D eigenvalue weighted by molar-refractivity contribution is 9.09. The van der Waals surface area contributed by atoms with E-state index in [1.165, 1.54) is 0 Å². The van der Waals surface area contributed by atoms with E-state index < -0.39 is 35.6 Å². The normalized spacial score (nSPS) is 34.3. The van der Waals surface area contributed by atoms with E-state index in [4.69, 9.17) is 14.6 Å². The number of alkyl halides is 1. The highest BCUT2D eigenvalue weighted by Crippen LogP contribution is 2.60. The van der Waals surface area contributed by atoms with Gasteiger partial charge in [-0.05, 0) is 32.6 Å². The first kappa shape index (κ1) is 23.5. The van der Waals surface area contributed by atoms with Gasteiger partial charge in [0.2, 0.25) is 11.8 Å². The van der Waals surface area contributed by atoms with Crippen molar-refractivity contribution in [3.05, 3.63) is 0 Å². The predicted octanol–water partition coefficient (Wildman–Crippen LogP) is 1.38. The maximum atomic E-state index is 13.5. The van der Waals surface area contributed by atoms with Gasteiger partial charge in [0.05, 0.1) is 24.5 Å². The van der Waals surface area contributed by atoms with Gasteiger partial charge < -0.3 is 24.8 Å². The minimum Gasteiger partial charge on any atom is -0.466 e. The van der Waals surface area contributed by atoms with Crippen LogP contribution in [0.4, 0.5) is 0 Å². The number of halogens is 1. The molecule has 9 heteroatoms. The molecular formula is C21H33BrN2O6. The van der Waals surface area contributed by atoms with Crippen molar-refractivity contribution in [1.82, 2.24) is 10.2 Å². The van der Waals surface area contributed by atoms with E-state index in [2.05, 4.69) is 28.2 Å². The summed E-state index contributed by atoms with van der Waals surface area (Å²) in [5, 5.41) is 12.1. The van der Waals surface area contributed by atoms with Crippen molar-refractivity contribution in [2.24, 2.45) is 11.8 Å². The molecule has 3 unspecified atom stereocenters. The average molecular weight is 489 g/mol. The van der Waals surface area contributed by atoms with Gasteiger partial charge in [-0.2, -0.15) is 0 Å². The van der Waals surface area contributed by atoms with E-state index in [9.17, 15) is 14.4 Å². The molecule has 3 aliphatic rings. The lowest BCUT2D eigenvalue weighted by atomic mass is 9.70. The van der Waals surface area contributed by atoms with Crippen LogP contribution < -0.4 is 5.32 Å². The molecule has 0 aromatic heterocycles. The number of carbonyl (C=O) groups excluding carboxylic acids is 3. The highest BCUT2D eigenvalue weighted by atomic mass is 79.9. The molecule has 3 fully saturated rings. The van der Waals surface area contributed by atoms with Crippen molar-refractivity contribution in [2.75, 3.05) is 26.3 Å². The number of fused-ring (bicyclic) bond motifs is 1. The first-order chi connectivity index (χ1) is 14.4. The van der Waals surface area contributed by atoms with Gasteiger partial charge in [0.15, 0.2) is 0 Å². The van der Waals surface area contributed by atoms with Crippen LogP contribution in [0.5, 0.6) is 0 Å². The smallest absolute Gasteiger partial charge is 0.312 e. The Morgan fingerprint density at radius 2 is 2.07 bits per heavy atom. The first-order valence-electron chi connectivity index (χ1n) is 11.1. The van der Waals surface area contributed by atoms with Crippen LogP contribution in [0.2, 0.25) is 0 Å². The number of unbranched alkanes of at least 4 members (excludes halogenated alkanes) is 3. The van der Waals surface area contributed by atoms with Gasteiger partial charge in [-0.3, -0.25) is 14.4 Å². The Labute approximate surface area is 186 Å². The topological polar surface area (TPSA) is 105 Å². The zero-order valence-corrected chi connectivity index (χ0v) is 19.4. The maximum absolute atomic E-state index is 13.5. The zero-order chi connectivity index (χ0) is 21.9. The van der Waals surface area contributed by atoms with Gasteiger partial charge in [0, 0.05) is 24.5 Å². The fourth-order valence-electron chi connectivity index (χ4n) is 5.26. The molecule has 1 spiro atoms. The lowest BCUT2D eigenvalue weighted by molar-refractivity contribution is -0.154. The van der Waals surface area contributed by atoms with Crippen LogP contribution in [0.15, 0.2) is 0 Å². The van der Waals surface area contributed by atoms with E-state index in [0.29, 0.717) is 32.4 Å². The second-order valence-corrected chi connectivity index (χ2v) is 9.55. The average Bonchev–Trinajstić information content (AvgIpc) is 3.29. The van der Waals surface area contributed by atoms with Crippen LogP contribution in [0.3, 0.4) is 0 Å². The SMILES string of the molecule is CCCCCNC(=O)C1N(CCCCO)C(=O)[C@@H]2[C@H](C(=O)OCC)[C@H]3OC12CC3Br. The third-order valence-electron chi connectivity index (χ3n) is 6.48. The molecule has 3 rings (SSSR count). The lowest BCUT2D eigenvalue weighted by Crippen LogP contribution is -2.56. The summed E-state index contributed by atoms with van der Waals surface area (Å²) in [5.41, 5.74) is -1.03. The van der Waals surface area contributed by atoms with E-state index >= 15 is 0 Å². The fourth-order valence-corrected chi connectivity index (χ4v) is 6.20. The van der Waals surface area contributed by atoms with E-state index in [0.717, 1.165) is 19.3 Å². The quantitative estimate of drug-likeness (QED) is 0.258. The van der Waals surface area contributed by atoms with Crippen molar-refractivity contribution in [3.63, 3.8) is 0 Å². The molecule has 0 saturated carbocycles. The molecule has 2 bridgehead atoms. The van der Waals surface area contributed by atoms with Gasteiger partial charge in [-0.1, -0.05) is 35.7 Å². The summed E-state index contributed by atoms with van der Waals surface area (Å²) in [5.74, 6) is -2.31. The second kappa shape index (κ2) is 9.96. The molecule has 0 aromatic rings. The zero-order valence-electron chi connectivity index (χ0n) is 17.8. The number of amides is 2. The molecule has 0 aliphatic carbocycles. The van der Waals surface area contributed by atoms with Gasteiger partial charge in [0.25, 0.3) is 0 Å².